The standard InChI is InChI=1S/C11H15NO/c1-12-8-11(13)6-9-4-2-3-5-10(9)7-11/h2-5,12-13H,6-8H2,1H3. The quantitative estimate of drug-likeness (QED) is 0.698. The summed E-state index contributed by atoms with van der Waals surface area (Å²) in [5, 5.41) is 13.2. The predicted octanol–water partition coefficient (Wildman–Crippen LogP) is 0.736. The molecule has 0 spiro atoms. The summed E-state index contributed by atoms with van der Waals surface area (Å²) in [5.74, 6) is 0. The fraction of sp³-hybridized carbons (Fsp3) is 0.455. The summed E-state index contributed by atoms with van der Waals surface area (Å²) >= 11 is 0. The Balaban J connectivity index is 2.21. The summed E-state index contributed by atoms with van der Waals surface area (Å²) in [6, 6.07) is 8.26. The highest BCUT2D eigenvalue weighted by Crippen LogP contribution is 2.29. The van der Waals surface area contributed by atoms with Crippen LogP contribution in [0.2, 0.25) is 0 Å². The number of hydrogen-bond donors (Lipinski definition) is 2. The lowest BCUT2D eigenvalue weighted by Gasteiger charge is -2.21. The molecule has 1 aliphatic carbocycles. The molecule has 2 rings (SSSR count). The van der Waals surface area contributed by atoms with Crippen LogP contribution >= 0.6 is 0 Å². The van der Waals surface area contributed by atoms with Gasteiger partial charge in [0, 0.05) is 19.4 Å². The number of likely N-dealkylation sites (N-methyl/N-ethyl adjacent to an activating group) is 1. The van der Waals surface area contributed by atoms with E-state index in [1.54, 1.807) is 0 Å². The molecule has 0 radical (unpaired) electrons. The zero-order valence-corrected chi connectivity index (χ0v) is 7.88. The van der Waals surface area contributed by atoms with Gasteiger partial charge in [0.05, 0.1) is 5.60 Å². The highest BCUT2D eigenvalue weighted by molar-refractivity contribution is 5.35. The van der Waals surface area contributed by atoms with Crippen molar-refractivity contribution in [3.05, 3.63) is 35.4 Å². The third-order valence-corrected chi connectivity index (χ3v) is 2.66. The van der Waals surface area contributed by atoms with Crippen molar-refractivity contribution in [3.8, 4) is 0 Å². The fourth-order valence-electron chi connectivity index (χ4n) is 2.13. The summed E-state index contributed by atoms with van der Waals surface area (Å²) < 4.78 is 0. The van der Waals surface area contributed by atoms with Crippen LogP contribution in [0.4, 0.5) is 0 Å². The summed E-state index contributed by atoms with van der Waals surface area (Å²) in [6.45, 7) is 0.668. The molecular formula is C11H15NO. The molecule has 0 atom stereocenters. The molecule has 1 aromatic rings. The van der Waals surface area contributed by atoms with Gasteiger partial charge < -0.3 is 10.4 Å². The first kappa shape index (κ1) is 8.73. The first-order valence-electron chi connectivity index (χ1n) is 4.67. The van der Waals surface area contributed by atoms with Crippen LogP contribution in [0, 0.1) is 0 Å². The zero-order valence-electron chi connectivity index (χ0n) is 7.88. The van der Waals surface area contributed by atoms with Crippen LogP contribution in [0.25, 0.3) is 0 Å². The third kappa shape index (κ3) is 1.60. The van der Waals surface area contributed by atoms with E-state index in [2.05, 4.69) is 17.4 Å². The second kappa shape index (κ2) is 3.13. The largest absolute Gasteiger partial charge is 0.388 e. The molecular weight excluding hydrogens is 162 g/mol. The summed E-state index contributed by atoms with van der Waals surface area (Å²) in [4.78, 5) is 0. The lowest BCUT2D eigenvalue weighted by molar-refractivity contribution is 0.0534. The smallest absolute Gasteiger partial charge is 0.0851 e. The number of benzene rings is 1. The molecule has 1 aromatic carbocycles. The monoisotopic (exact) mass is 177 g/mol. The van der Waals surface area contributed by atoms with Gasteiger partial charge in [0.25, 0.3) is 0 Å². The van der Waals surface area contributed by atoms with Crippen LogP contribution in [0.1, 0.15) is 11.1 Å². The molecule has 2 N–H and O–H groups in total. The molecule has 0 saturated heterocycles. The van der Waals surface area contributed by atoms with Gasteiger partial charge >= 0.3 is 0 Å². The van der Waals surface area contributed by atoms with Crippen molar-refractivity contribution >= 4 is 0 Å². The van der Waals surface area contributed by atoms with Gasteiger partial charge in [-0.15, -0.1) is 0 Å². The van der Waals surface area contributed by atoms with Gasteiger partial charge in [-0.1, -0.05) is 24.3 Å². The number of nitrogens with one attached hydrogen (secondary N) is 1. The van der Waals surface area contributed by atoms with E-state index in [4.69, 9.17) is 0 Å². The molecule has 2 heteroatoms. The molecule has 0 bridgehead atoms. The Labute approximate surface area is 78.6 Å². The average molecular weight is 177 g/mol. The van der Waals surface area contributed by atoms with E-state index in [1.165, 1.54) is 11.1 Å². The van der Waals surface area contributed by atoms with E-state index in [9.17, 15) is 5.11 Å². The van der Waals surface area contributed by atoms with Crippen molar-refractivity contribution < 1.29 is 5.11 Å². The van der Waals surface area contributed by atoms with Crippen LogP contribution in [-0.2, 0) is 12.8 Å². The summed E-state index contributed by atoms with van der Waals surface area (Å²) in [6.07, 6.45) is 1.56. The Bertz CT molecular complexity index is 284. The molecule has 13 heavy (non-hydrogen) atoms. The normalized spacial score (nSPS) is 18.6. The van der Waals surface area contributed by atoms with Crippen molar-refractivity contribution in [2.24, 2.45) is 0 Å². The summed E-state index contributed by atoms with van der Waals surface area (Å²) in [5.41, 5.74) is 2.03. The van der Waals surface area contributed by atoms with Gasteiger partial charge in [0.1, 0.15) is 0 Å². The molecule has 0 fully saturated rings. The number of hydrogen-bond acceptors (Lipinski definition) is 2. The lowest BCUT2D eigenvalue weighted by Crippen LogP contribution is -2.39. The fourth-order valence-corrected chi connectivity index (χ4v) is 2.13. The second-order valence-corrected chi connectivity index (χ2v) is 3.88. The van der Waals surface area contributed by atoms with Gasteiger partial charge in [-0.2, -0.15) is 0 Å². The van der Waals surface area contributed by atoms with E-state index in [-0.39, 0.29) is 0 Å². The van der Waals surface area contributed by atoms with Gasteiger partial charge in [-0.3, -0.25) is 0 Å². The first-order valence-corrected chi connectivity index (χ1v) is 4.67. The van der Waals surface area contributed by atoms with Gasteiger partial charge in [-0.25, -0.2) is 0 Å². The van der Waals surface area contributed by atoms with Gasteiger partial charge in [0.15, 0.2) is 0 Å². The van der Waals surface area contributed by atoms with Gasteiger partial charge in [0.2, 0.25) is 0 Å². The van der Waals surface area contributed by atoms with E-state index in [1.807, 2.05) is 19.2 Å². The molecule has 0 aliphatic heterocycles. The first-order chi connectivity index (χ1) is 6.23. The Hall–Kier alpha value is -0.860. The minimum atomic E-state index is -0.557. The minimum Gasteiger partial charge on any atom is -0.388 e. The SMILES string of the molecule is CNCC1(O)Cc2ccccc2C1. The maximum Gasteiger partial charge on any atom is 0.0851 e. The maximum absolute atomic E-state index is 10.2. The Morgan fingerprint density at radius 2 is 1.85 bits per heavy atom. The number of rotatable bonds is 2. The zero-order chi connectivity index (χ0) is 9.31. The van der Waals surface area contributed by atoms with E-state index < -0.39 is 5.60 Å². The van der Waals surface area contributed by atoms with Crippen LogP contribution in [-0.4, -0.2) is 24.3 Å². The highest BCUT2D eigenvalue weighted by atomic mass is 16.3. The van der Waals surface area contributed by atoms with E-state index in [0.29, 0.717) is 6.54 Å². The van der Waals surface area contributed by atoms with E-state index in [0.717, 1.165) is 12.8 Å². The van der Waals surface area contributed by atoms with Crippen molar-refractivity contribution in [1.82, 2.24) is 5.32 Å². The second-order valence-electron chi connectivity index (χ2n) is 3.88. The van der Waals surface area contributed by atoms with Crippen molar-refractivity contribution in [3.63, 3.8) is 0 Å². The average Bonchev–Trinajstić information content (AvgIpc) is 2.40. The molecule has 0 heterocycles. The summed E-state index contributed by atoms with van der Waals surface area (Å²) in [7, 11) is 1.88. The van der Waals surface area contributed by atoms with Crippen LogP contribution in [0.5, 0.6) is 0 Å². The minimum absolute atomic E-state index is 0.557. The van der Waals surface area contributed by atoms with Crippen LogP contribution in [0.3, 0.4) is 0 Å². The lowest BCUT2D eigenvalue weighted by atomic mass is 10.0. The van der Waals surface area contributed by atoms with Crippen molar-refractivity contribution in [2.45, 2.75) is 18.4 Å². The van der Waals surface area contributed by atoms with Crippen molar-refractivity contribution in [1.29, 1.82) is 0 Å². The third-order valence-electron chi connectivity index (χ3n) is 2.66. The Morgan fingerprint density at radius 3 is 2.31 bits per heavy atom. The number of aliphatic hydroxyl groups is 1. The Kier molecular flexibility index (Phi) is 2.10. The molecule has 2 nitrogen and oxygen atoms in total. The molecule has 70 valence electrons. The van der Waals surface area contributed by atoms with Gasteiger partial charge in [-0.05, 0) is 18.2 Å². The highest BCUT2D eigenvalue weighted by Gasteiger charge is 2.33. The topological polar surface area (TPSA) is 32.3 Å². The molecule has 0 aromatic heterocycles. The number of fused-ring (bicyclic) bond motifs is 1. The molecule has 0 amide bonds. The van der Waals surface area contributed by atoms with E-state index >= 15 is 0 Å². The molecule has 1 aliphatic rings. The van der Waals surface area contributed by atoms with Crippen LogP contribution in [0.15, 0.2) is 24.3 Å². The Morgan fingerprint density at radius 1 is 1.31 bits per heavy atom. The molecule has 0 unspecified atom stereocenters. The predicted molar refractivity (Wildman–Crippen MR) is 52.7 cm³/mol. The maximum atomic E-state index is 10.2. The van der Waals surface area contributed by atoms with Crippen LogP contribution < -0.4 is 5.32 Å². The van der Waals surface area contributed by atoms with Crippen molar-refractivity contribution in [2.75, 3.05) is 13.6 Å². The molecule has 0 saturated carbocycles.